The second-order valence-corrected chi connectivity index (χ2v) is 2.92. The fourth-order valence-electron chi connectivity index (χ4n) is 1.18. The lowest BCUT2D eigenvalue weighted by atomic mass is 10.1. The average Bonchev–Trinajstić information content (AvgIpc) is 2.20. The molecule has 1 aromatic heterocycles. The highest BCUT2D eigenvalue weighted by Crippen LogP contribution is 2.23. The molecule has 0 aliphatic carbocycles. The van der Waals surface area contributed by atoms with Crippen molar-refractivity contribution in [3.63, 3.8) is 0 Å². The summed E-state index contributed by atoms with van der Waals surface area (Å²) in [6.07, 6.45) is -2.73. The predicted molar refractivity (Wildman–Crippen MR) is 48.0 cm³/mol. The number of nitrogens with zero attached hydrogens (tertiary/aromatic N) is 3. The zero-order valence-corrected chi connectivity index (χ0v) is 7.96. The Morgan fingerprint density at radius 3 is 2.60 bits per heavy atom. The number of hydrogen-bond donors (Lipinski definition) is 0. The van der Waals surface area contributed by atoms with Gasteiger partial charge in [-0.1, -0.05) is 0 Å². The number of hydrogen-bond acceptors (Lipinski definition) is 3. The van der Waals surface area contributed by atoms with Crippen molar-refractivity contribution in [2.24, 2.45) is 0 Å². The van der Waals surface area contributed by atoms with Crippen molar-refractivity contribution >= 4 is 0 Å². The molecule has 1 heterocycles. The van der Waals surface area contributed by atoms with Crippen LogP contribution in [0.15, 0.2) is 6.07 Å². The van der Waals surface area contributed by atoms with E-state index in [1.165, 1.54) is 6.07 Å². The van der Waals surface area contributed by atoms with Gasteiger partial charge in [0.05, 0.1) is 18.1 Å². The Labute approximate surface area is 85.6 Å². The summed E-state index contributed by atoms with van der Waals surface area (Å²) in [6.45, 7) is 1.59. The van der Waals surface area contributed by atoms with Crippen LogP contribution in [0.4, 0.5) is 8.78 Å². The summed E-state index contributed by atoms with van der Waals surface area (Å²) in [5, 5.41) is 17.1. The van der Waals surface area contributed by atoms with Gasteiger partial charge in [0.25, 0.3) is 6.43 Å². The highest BCUT2D eigenvalue weighted by molar-refractivity contribution is 5.38. The van der Waals surface area contributed by atoms with Gasteiger partial charge in [-0.15, -0.1) is 0 Å². The topological polar surface area (TPSA) is 60.5 Å². The van der Waals surface area contributed by atoms with Gasteiger partial charge in [-0.2, -0.15) is 10.5 Å². The lowest BCUT2D eigenvalue weighted by Gasteiger charge is -2.06. The van der Waals surface area contributed by atoms with Crippen LogP contribution in [-0.4, -0.2) is 4.98 Å². The molecule has 15 heavy (non-hydrogen) atoms. The van der Waals surface area contributed by atoms with E-state index in [1.54, 1.807) is 13.0 Å². The molecule has 0 radical (unpaired) electrons. The fourth-order valence-corrected chi connectivity index (χ4v) is 1.18. The molecule has 0 fully saturated rings. The summed E-state index contributed by atoms with van der Waals surface area (Å²) < 4.78 is 25.0. The smallest absolute Gasteiger partial charge is 0.242 e. The van der Waals surface area contributed by atoms with Crippen LogP contribution in [0.1, 0.15) is 28.9 Å². The van der Waals surface area contributed by atoms with Gasteiger partial charge in [-0.25, -0.2) is 13.8 Å². The Kier molecular flexibility index (Phi) is 3.30. The molecule has 0 amide bonds. The molecule has 0 spiro atoms. The van der Waals surface area contributed by atoms with Crippen LogP contribution < -0.4 is 0 Å². The number of aryl methyl sites for hydroxylation is 1. The van der Waals surface area contributed by atoms with Gasteiger partial charge in [0.2, 0.25) is 0 Å². The van der Waals surface area contributed by atoms with E-state index in [-0.39, 0.29) is 12.1 Å². The molecule has 0 aromatic carbocycles. The molecule has 5 heteroatoms. The second-order valence-electron chi connectivity index (χ2n) is 2.92. The van der Waals surface area contributed by atoms with E-state index in [1.807, 2.05) is 6.07 Å². The largest absolute Gasteiger partial charge is 0.266 e. The molecule has 0 aliphatic rings. The molecule has 0 saturated carbocycles. The number of alkyl halides is 2. The Morgan fingerprint density at radius 1 is 1.47 bits per heavy atom. The fraction of sp³-hybridized carbons (Fsp3) is 0.300. The molecular weight excluding hydrogens is 200 g/mol. The van der Waals surface area contributed by atoms with Crippen molar-refractivity contribution < 1.29 is 8.78 Å². The van der Waals surface area contributed by atoms with Crippen molar-refractivity contribution in [2.75, 3.05) is 0 Å². The Bertz CT molecular complexity index is 455. The maximum Gasteiger partial charge on any atom is 0.266 e. The Balaban J connectivity index is 3.33. The zero-order chi connectivity index (χ0) is 11.4. The first-order valence-corrected chi connectivity index (χ1v) is 4.15. The van der Waals surface area contributed by atoms with Gasteiger partial charge in [0, 0.05) is 5.69 Å². The molecule has 0 saturated heterocycles. The lowest BCUT2D eigenvalue weighted by molar-refractivity contribution is 0.150. The Morgan fingerprint density at radius 2 is 2.13 bits per heavy atom. The first kappa shape index (κ1) is 11.1. The van der Waals surface area contributed by atoms with Crippen molar-refractivity contribution in [3.05, 3.63) is 28.6 Å². The van der Waals surface area contributed by atoms with Gasteiger partial charge < -0.3 is 0 Å². The summed E-state index contributed by atoms with van der Waals surface area (Å²) in [4.78, 5) is 3.74. The summed E-state index contributed by atoms with van der Waals surface area (Å²) in [5.74, 6) is 0. The van der Waals surface area contributed by atoms with Crippen molar-refractivity contribution in [1.29, 1.82) is 10.5 Å². The third kappa shape index (κ3) is 2.26. The van der Waals surface area contributed by atoms with Crippen LogP contribution in [0.3, 0.4) is 0 Å². The normalized spacial score (nSPS) is 9.73. The predicted octanol–water partition coefficient (Wildman–Crippen LogP) is 2.27. The first-order valence-electron chi connectivity index (χ1n) is 4.15. The van der Waals surface area contributed by atoms with E-state index in [9.17, 15) is 8.78 Å². The summed E-state index contributed by atoms with van der Waals surface area (Å²) >= 11 is 0. The van der Waals surface area contributed by atoms with Gasteiger partial charge in [-0.3, -0.25) is 0 Å². The maximum absolute atomic E-state index is 12.5. The van der Waals surface area contributed by atoms with Gasteiger partial charge in [0.15, 0.2) is 0 Å². The third-order valence-electron chi connectivity index (χ3n) is 1.96. The molecule has 0 N–H and O–H groups in total. The van der Waals surface area contributed by atoms with Crippen LogP contribution in [-0.2, 0) is 6.42 Å². The third-order valence-corrected chi connectivity index (χ3v) is 1.96. The van der Waals surface area contributed by atoms with E-state index in [0.717, 1.165) is 0 Å². The zero-order valence-electron chi connectivity index (χ0n) is 7.96. The number of nitriles is 2. The molecule has 0 aliphatic heterocycles. The van der Waals surface area contributed by atoms with Crippen LogP contribution in [0.2, 0.25) is 0 Å². The molecular formula is C10H7F2N3. The number of rotatable bonds is 2. The standard InChI is InChI=1S/C10H7F2N3/c1-6-7(2-3-13)4-8(10(11)12)9(5-14)15-6/h4,10H,2H2,1H3. The second kappa shape index (κ2) is 4.47. The minimum Gasteiger partial charge on any atom is -0.242 e. The van der Waals surface area contributed by atoms with E-state index in [0.29, 0.717) is 11.3 Å². The summed E-state index contributed by atoms with van der Waals surface area (Å²) in [5.41, 5.74) is 0.196. The molecule has 76 valence electrons. The van der Waals surface area contributed by atoms with Crippen molar-refractivity contribution in [2.45, 2.75) is 19.8 Å². The molecule has 0 bridgehead atoms. The molecule has 0 atom stereocenters. The van der Waals surface area contributed by atoms with E-state index >= 15 is 0 Å². The number of aromatic nitrogens is 1. The molecule has 1 rings (SSSR count). The number of halogens is 2. The molecule has 0 unspecified atom stereocenters. The monoisotopic (exact) mass is 207 g/mol. The minimum absolute atomic E-state index is 0.0181. The maximum atomic E-state index is 12.5. The van der Waals surface area contributed by atoms with Gasteiger partial charge >= 0.3 is 0 Å². The van der Waals surface area contributed by atoms with E-state index in [4.69, 9.17) is 10.5 Å². The Hall–Kier alpha value is -2.01. The van der Waals surface area contributed by atoms with E-state index < -0.39 is 12.0 Å². The van der Waals surface area contributed by atoms with Crippen LogP contribution in [0.25, 0.3) is 0 Å². The van der Waals surface area contributed by atoms with Crippen molar-refractivity contribution in [3.8, 4) is 12.1 Å². The van der Waals surface area contributed by atoms with Gasteiger partial charge in [0.1, 0.15) is 11.8 Å². The highest BCUT2D eigenvalue weighted by atomic mass is 19.3. The van der Waals surface area contributed by atoms with E-state index in [2.05, 4.69) is 4.98 Å². The quantitative estimate of drug-likeness (QED) is 0.747. The average molecular weight is 207 g/mol. The summed E-state index contributed by atoms with van der Waals surface area (Å²) in [6, 6.07) is 4.65. The lowest BCUT2D eigenvalue weighted by Crippen LogP contribution is -2.01. The molecule has 3 nitrogen and oxygen atoms in total. The summed E-state index contributed by atoms with van der Waals surface area (Å²) in [7, 11) is 0. The van der Waals surface area contributed by atoms with Crippen molar-refractivity contribution in [1.82, 2.24) is 4.98 Å². The van der Waals surface area contributed by atoms with Crippen LogP contribution in [0.5, 0.6) is 0 Å². The van der Waals surface area contributed by atoms with Gasteiger partial charge in [-0.05, 0) is 18.6 Å². The van der Waals surface area contributed by atoms with Crippen LogP contribution >= 0.6 is 0 Å². The molecule has 1 aromatic rings. The minimum atomic E-state index is -2.75. The number of pyridine rings is 1. The van der Waals surface area contributed by atoms with Crippen LogP contribution in [0, 0.1) is 29.6 Å². The highest BCUT2D eigenvalue weighted by Gasteiger charge is 2.16. The first-order chi connectivity index (χ1) is 7.10. The SMILES string of the molecule is Cc1nc(C#N)c(C(F)F)cc1CC#N.